The van der Waals surface area contributed by atoms with E-state index in [1.165, 1.54) is 18.2 Å². The van der Waals surface area contributed by atoms with E-state index in [1.807, 2.05) is 0 Å². The van der Waals surface area contributed by atoms with E-state index in [1.54, 1.807) is 13.8 Å². The molecule has 1 heterocycles. The molecule has 0 radical (unpaired) electrons. The summed E-state index contributed by atoms with van der Waals surface area (Å²) in [6.07, 6.45) is -1.19. The van der Waals surface area contributed by atoms with Crippen LogP contribution in [0.2, 0.25) is 0 Å². The normalized spacial score (nSPS) is 17.2. The van der Waals surface area contributed by atoms with Gasteiger partial charge in [0.2, 0.25) is 0 Å². The Hall–Kier alpha value is -2.09. The number of hydrogen-bond acceptors (Lipinski definition) is 6. The van der Waals surface area contributed by atoms with Crippen molar-refractivity contribution in [1.29, 1.82) is 0 Å². The van der Waals surface area contributed by atoms with Crippen LogP contribution in [0.5, 0.6) is 5.75 Å². The van der Waals surface area contributed by atoms with Crippen molar-refractivity contribution in [2.24, 2.45) is 0 Å². The number of sulfone groups is 1. The second kappa shape index (κ2) is 6.35. The summed E-state index contributed by atoms with van der Waals surface area (Å²) in [6.45, 7) is 3.44. The zero-order valence-corrected chi connectivity index (χ0v) is 13.1. The maximum atomic E-state index is 11.9. The van der Waals surface area contributed by atoms with Crippen LogP contribution in [-0.4, -0.2) is 38.8 Å². The van der Waals surface area contributed by atoms with Crippen LogP contribution in [0.1, 0.15) is 20.3 Å². The maximum Gasteiger partial charge on any atom is 0.310 e. The molecular weight excluding hydrogens is 310 g/mol. The standard InChI is InChI=1S/C14H17NO6S/c1-3-20-13(16)8-12-14(17)15-10-7-9(22(18,19)4-2)5-6-11(10)21-12/h5-7,12H,3-4,8H2,1-2H3,(H,15,17). The number of rotatable bonds is 5. The van der Waals surface area contributed by atoms with Crippen molar-refractivity contribution < 1.29 is 27.5 Å². The van der Waals surface area contributed by atoms with Gasteiger partial charge in [-0.05, 0) is 25.1 Å². The largest absolute Gasteiger partial charge is 0.478 e. The average molecular weight is 327 g/mol. The van der Waals surface area contributed by atoms with Gasteiger partial charge in [0.1, 0.15) is 5.75 Å². The van der Waals surface area contributed by atoms with E-state index < -0.39 is 27.8 Å². The summed E-state index contributed by atoms with van der Waals surface area (Å²) in [7, 11) is -3.37. The molecule has 1 aromatic carbocycles. The van der Waals surface area contributed by atoms with Gasteiger partial charge in [0, 0.05) is 0 Å². The number of ether oxygens (including phenoxy) is 2. The molecule has 0 saturated carbocycles. The second-order valence-corrected chi connectivity index (χ2v) is 6.94. The molecule has 1 N–H and O–H groups in total. The van der Waals surface area contributed by atoms with Crippen molar-refractivity contribution in [1.82, 2.24) is 0 Å². The van der Waals surface area contributed by atoms with Crippen LogP contribution < -0.4 is 10.1 Å². The molecule has 8 heteroatoms. The first-order valence-electron chi connectivity index (χ1n) is 6.87. The van der Waals surface area contributed by atoms with E-state index in [4.69, 9.17) is 9.47 Å². The third kappa shape index (κ3) is 3.38. The lowest BCUT2D eigenvalue weighted by atomic mass is 10.1. The summed E-state index contributed by atoms with van der Waals surface area (Å²) in [5.74, 6) is -0.752. The fraction of sp³-hybridized carbons (Fsp3) is 0.429. The second-order valence-electron chi connectivity index (χ2n) is 4.67. The molecule has 1 aliphatic heterocycles. The Balaban J connectivity index is 2.21. The van der Waals surface area contributed by atoms with E-state index in [2.05, 4.69) is 5.32 Å². The Bertz CT molecular complexity index is 697. The molecule has 0 aromatic heterocycles. The van der Waals surface area contributed by atoms with E-state index >= 15 is 0 Å². The summed E-state index contributed by atoms with van der Waals surface area (Å²) in [6, 6.07) is 4.23. The van der Waals surface area contributed by atoms with Gasteiger partial charge in [-0.25, -0.2) is 8.42 Å². The Labute approximate surface area is 128 Å². The minimum atomic E-state index is -3.37. The first-order chi connectivity index (χ1) is 10.4. The van der Waals surface area contributed by atoms with Crippen LogP contribution in [0, 0.1) is 0 Å². The molecule has 2 rings (SSSR count). The van der Waals surface area contributed by atoms with Gasteiger partial charge in [-0.3, -0.25) is 9.59 Å². The number of amides is 1. The van der Waals surface area contributed by atoms with Crippen molar-refractivity contribution in [3.8, 4) is 5.75 Å². The Morgan fingerprint density at radius 2 is 2.09 bits per heavy atom. The lowest BCUT2D eigenvalue weighted by Crippen LogP contribution is -2.39. The van der Waals surface area contributed by atoms with Crippen molar-refractivity contribution >= 4 is 27.4 Å². The highest BCUT2D eigenvalue weighted by Gasteiger charge is 2.31. The molecule has 7 nitrogen and oxygen atoms in total. The minimum absolute atomic E-state index is 0.0356. The fourth-order valence-electron chi connectivity index (χ4n) is 2.00. The molecule has 0 spiro atoms. The van der Waals surface area contributed by atoms with Gasteiger partial charge >= 0.3 is 5.97 Å². The topological polar surface area (TPSA) is 98.8 Å². The number of carbonyl (C=O) groups is 2. The molecule has 0 aliphatic carbocycles. The molecule has 1 unspecified atom stereocenters. The predicted octanol–water partition coefficient (Wildman–Crippen LogP) is 1.13. The molecule has 0 bridgehead atoms. The number of hydrogen-bond donors (Lipinski definition) is 1. The SMILES string of the molecule is CCOC(=O)CC1Oc2ccc(S(=O)(=O)CC)cc2NC1=O. The van der Waals surface area contributed by atoms with Crippen molar-refractivity contribution in [2.45, 2.75) is 31.3 Å². The van der Waals surface area contributed by atoms with Gasteiger partial charge in [0.05, 0.1) is 29.4 Å². The molecule has 1 atom stereocenters. The summed E-state index contributed by atoms with van der Waals surface area (Å²) in [4.78, 5) is 23.5. The monoisotopic (exact) mass is 327 g/mol. The van der Waals surface area contributed by atoms with E-state index in [-0.39, 0.29) is 29.4 Å². The number of benzene rings is 1. The van der Waals surface area contributed by atoms with E-state index in [0.717, 1.165) is 0 Å². The number of nitrogens with one attached hydrogen (secondary N) is 1. The lowest BCUT2D eigenvalue weighted by molar-refractivity contribution is -0.147. The van der Waals surface area contributed by atoms with Gasteiger partial charge in [-0.15, -0.1) is 0 Å². The van der Waals surface area contributed by atoms with Gasteiger partial charge in [0.15, 0.2) is 15.9 Å². The van der Waals surface area contributed by atoms with Crippen LogP contribution in [0.25, 0.3) is 0 Å². The Morgan fingerprint density at radius 1 is 1.36 bits per heavy atom. The fourth-order valence-corrected chi connectivity index (χ4v) is 2.90. The number of fused-ring (bicyclic) bond motifs is 1. The molecule has 0 saturated heterocycles. The highest BCUT2D eigenvalue weighted by atomic mass is 32.2. The van der Waals surface area contributed by atoms with Gasteiger partial charge in [-0.2, -0.15) is 0 Å². The highest BCUT2D eigenvalue weighted by Crippen LogP contribution is 2.32. The van der Waals surface area contributed by atoms with Crippen LogP contribution in [0.3, 0.4) is 0 Å². The Morgan fingerprint density at radius 3 is 2.73 bits per heavy atom. The molecule has 22 heavy (non-hydrogen) atoms. The summed E-state index contributed by atoms with van der Waals surface area (Å²) in [5, 5.41) is 2.56. The molecule has 0 fully saturated rings. The molecule has 120 valence electrons. The zero-order chi connectivity index (χ0) is 16.3. The maximum absolute atomic E-state index is 11.9. The first kappa shape index (κ1) is 16.3. The molecule has 1 amide bonds. The van der Waals surface area contributed by atoms with Crippen LogP contribution in [0.15, 0.2) is 23.1 Å². The zero-order valence-electron chi connectivity index (χ0n) is 12.3. The minimum Gasteiger partial charge on any atom is -0.478 e. The molecule has 1 aromatic rings. The molecule has 1 aliphatic rings. The lowest BCUT2D eigenvalue weighted by Gasteiger charge is -2.25. The number of anilines is 1. The van der Waals surface area contributed by atoms with Gasteiger partial charge in [-0.1, -0.05) is 6.92 Å². The first-order valence-corrected chi connectivity index (χ1v) is 8.52. The van der Waals surface area contributed by atoms with Crippen molar-refractivity contribution in [2.75, 3.05) is 17.7 Å². The smallest absolute Gasteiger partial charge is 0.310 e. The quantitative estimate of drug-likeness (QED) is 0.814. The van der Waals surface area contributed by atoms with E-state index in [9.17, 15) is 18.0 Å². The van der Waals surface area contributed by atoms with E-state index in [0.29, 0.717) is 5.75 Å². The van der Waals surface area contributed by atoms with Crippen LogP contribution >= 0.6 is 0 Å². The Kier molecular flexibility index (Phi) is 4.70. The summed E-state index contributed by atoms with van der Waals surface area (Å²) < 4.78 is 33.9. The van der Waals surface area contributed by atoms with Crippen molar-refractivity contribution in [3.05, 3.63) is 18.2 Å². The highest BCUT2D eigenvalue weighted by molar-refractivity contribution is 7.91. The van der Waals surface area contributed by atoms with Gasteiger partial charge < -0.3 is 14.8 Å². The van der Waals surface area contributed by atoms with Crippen LogP contribution in [-0.2, 0) is 24.2 Å². The predicted molar refractivity (Wildman–Crippen MR) is 78.5 cm³/mol. The van der Waals surface area contributed by atoms with Gasteiger partial charge in [0.25, 0.3) is 5.91 Å². The third-order valence-electron chi connectivity index (χ3n) is 3.17. The van der Waals surface area contributed by atoms with Crippen LogP contribution in [0.4, 0.5) is 5.69 Å². The number of carbonyl (C=O) groups excluding carboxylic acids is 2. The van der Waals surface area contributed by atoms with Crippen molar-refractivity contribution in [3.63, 3.8) is 0 Å². The third-order valence-corrected chi connectivity index (χ3v) is 4.90. The summed E-state index contributed by atoms with van der Waals surface area (Å²) >= 11 is 0. The average Bonchev–Trinajstić information content (AvgIpc) is 2.47. The summed E-state index contributed by atoms with van der Waals surface area (Å²) in [5.41, 5.74) is 0.277. The number of esters is 1. The molecular formula is C14H17NO6S.